The molecular formula is C13H20BrClN2OS. The molecule has 0 bridgehead atoms. The van der Waals surface area contributed by atoms with Crippen LogP contribution in [0.4, 0.5) is 0 Å². The maximum atomic E-state index is 11.7. The van der Waals surface area contributed by atoms with Crippen LogP contribution in [0.1, 0.15) is 30.6 Å². The largest absolute Gasteiger partial charge is 0.356 e. The second-order valence-electron chi connectivity index (χ2n) is 4.64. The van der Waals surface area contributed by atoms with Crippen LogP contribution < -0.4 is 10.6 Å². The summed E-state index contributed by atoms with van der Waals surface area (Å²) in [7, 11) is 0. The lowest BCUT2D eigenvalue weighted by molar-refractivity contribution is -0.121. The van der Waals surface area contributed by atoms with Crippen LogP contribution in [0.2, 0.25) is 0 Å². The van der Waals surface area contributed by atoms with Gasteiger partial charge in [0.05, 0.1) is 3.79 Å². The summed E-state index contributed by atoms with van der Waals surface area (Å²) in [5, 5.41) is 6.40. The molecule has 1 amide bonds. The summed E-state index contributed by atoms with van der Waals surface area (Å²) in [5.41, 5.74) is 0. The Kier molecular flexibility index (Phi) is 7.99. The predicted molar refractivity (Wildman–Crippen MR) is 86.2 cm³/mol. The van der Waals surface area contributed by atoms with Gasteiger partial charge in [-0.1, -0.05) is 0 Å². The van der Waals surface area contributed by atoms with Crippen LogP contribution in [-0.2, 0) is 11.2 Å². The van der Waals surface area contributed by atoms with E-state index in [9.17, 15) is 4.79 Å². The van der Waals surface area contributed by atoms with E-state index in [1.54, 1.807) is 11.3 Å². The molecule has 2 heterocycles. The van der Waals surface area contributed by atoms with Crippen molar-refractivity contribution in [1.29, 1.82) is 0 Å². The number of nitrogens with one attached hydrogen (secondary N) is 2. The van der Waals surface area contributed by atoms with Crippen molar-refractivity contribution >= 4 is 45.6 Å². The smallest absolute Gasteiger partial charge is 0.220 e. The van der Waals surface area contributed by atoms with E-state index in [1.165, 1.54) is 17.7 Å². The first-order valence-electron chi connectivity index (χ1n) is 6.48. The molecule has 0 aliphatic carbocycles. The van der Waals surface area contributed by atoms with E-state index in [0.29, 0.717) is 12.5 Å². The van der Waals surface area contributed by atoms with Gasteiger partial charge in [-0.25, -0.2) is 0 Å². The Balaban J connectivity index is 0.00000180. The van der Waals surface area contributed by atoms with Crippen molar-refractivity contribution in [2.75, 3.05) is 13.1 Å². The molecule has 1 atom stereocenters. The Morgan fingerprint density at radius 1 is 1.53 bits per heavy atom. The minimum Gasteiger partial charge on any atom is -0.356 e. The molecular weight excluding hydrogens is 348 g/mol. The number of amides is 1. The van der Waals surface area contributed by atoms with E-state index in [1.807, 2.05) is 6.07 Å². The SMILES string of the molecule is Cl.O=C(CCC1CCCN1)NCCc1ccc(Br)s1. The molecule has 1 saturated heterocycles. The van der Waals surface area contributed by atoms with Crippen molar-refractivity contribution in [3.63, 3.8) is 0 Å². The average molecular weight is 368 g/mol. The summed E-state index contributed by atoms with van der Waals surface area (Å²) in [6, 6.07) is 4.71. The third-order valence-corrected chi connectivity index (χ3v) is 4.89. The molecule has 1 unspecified atom stereocenters. The van der Waals surface area contributed by atoms with Gasteiger partial charge in [0.1, 0.15) is 0 Å². The second kappa shape index (κ2) is 8.95. The highest BCUT2D eigenvalue weighted by Crippen LogP contribution is 2.22. The van der Waals surface area contributed by atoms with Crippen molar-refractivity contribution in [1.82, 2.24) is 10.6 Å². The van der Waals surface area contributed by atoms with Gasteiger partial charge in [0.2, 0.25) is 5.91 Å². The van der Waals surface area contributed by atoms with Crippen molar-refractivity contribution in [2.45, 2.75) is 38.1 Å². The van der Waals surface area contributed by atoms with Gasteiger partial charge in [0.15, 0.2) is 0 Å². The maximum Gasteiger partial charge on any atom is 0.220 e. The topological polar surface area (TPSA) is 41.1 Å². The molecule has 0 aromatic carbocycles. The first-order valence-corrected chi connectivity index (χ1v) is 8.09. The van der Waals surface area contributed by atoms with Gasteiger partial charge in [-0.3, -0.25) is 4.79 Å². The minimum atomic E-state index is 0. The number of rotatable bonds is 6. The lowest BCUT2D eigenvalue weighted by Crippen LogP contribution is -2.28. The summed E-state index contributed by atoms with van der Waals surface area (Å²) in [6.07, 6.45) is 5.00. The highest BCUT2D eigenvalue weighted by molar-refractivity contribution is 9.11. The lowest BCUT2D eigenvalue weighted by Gasteiger charge is -2.09. The Morgan fingerprint density at radius 2 is 2.37 bits per heavy atom. The molecule has 6 heteroatoms. The molecule has 1 fully saturated rings. The Morgan fingerprint density at radius 3 is 3.00 bits per heavy atom. The summed E-state index contributed by atoms with van der Waals surface area (Å²) in [5.74, 6) is 0.180. The van der Waals surface area contributed by atoms with Crippen LogP contribution in [0.25, 0.3) is 0 Å². The highest BCUT2D eigenvalue weighted by Gasteiger charge is 2.14. The van der Waals surface area contributed by atoms with Crippen LogP contribution >= 0.6 is 39.7 Å². The van der Waals surface area contributed by atoms with Gasteiger partial charge >= 0.3 is 0 Å². The van der Waals surface area contributed by atoms with Crippen LogP contribution in [0.3, 0.4) is 0 Å². The van der Waals surface area contributed by atoms with E-state index in [-0.39, 0.29) is 18.3 Å². The van der Waals surface area contributed by atoms with E-state index in [0.717, 1.165) is 29.7 Å². The Bertz CT molecular complexity index is 394. The van der Waals surface area contributed by atoms with Crippen molar-refractivity contribution in [3.05, 3.63) is 20.8 Å². The second-order valence-corrected chi connectivity index (χ2v) is 7.19. The number of halogens is 2. The van der Waals surface area contributed by atoms with Crippen molar-refractivity contribution < 1.29 is 4.79 Å². The molecule has 0 radical (unpaired) electrons. The summed E-state index contributed by atoms with van der Waals surface area (Å²) in [4.78, 5) is 13.0. The Labute approximate surface area is 133 Å². The van der Waals surface area contributed by atoms with Crippen LogP contribution in [0.5, 0.6) is 0 Å². The first-order chi connectivity index (χ1) is 8.74. The quantitative estimate of drug-likeness (QED) is 0.811. The molecule has 3 nitrogen and oxygen atoms in total. The first kappa shape index (κ1) is 17.0. The van der Waals surface area contributed by atoms with Crippen molar-refractivity contribution in [3.8, 4) is 0 Å². The number of hydrogen-bond acceptors (Lipinski definition) is 3. The van der Waals surface area contributed by atoms with E-state index in [2.05, 4.69) is 32.6 Å². The van der Waals surface area contributed by atoms with Crippen molar-refractivity contribution in [2.24, 2.45) is 0 Å². The summed E-state index contributed by atoms with van der Waals surface area (Å²) < 4.78 is 1.15. The van der Waals surface area contributed by atoms with Gasteiger partial charge in [0.25, 0.3) is 0 Å². The molecule has 2 N–H and O–H groups in total. The predicted octanol–water partition coefficient (Wildman–Crippen LogP) is 3.12. The molecule has 1 aliphatic rings. The third-order valence-electron chi connectivity index (χ3n) is 3.20. The van der Waals surface area contributed by atoms with Gasteiger partial charge < -0.3 is 10.6 Å². The molecule has 1 aromatic heterocycles. The third kappa shape index (κ3) is 6.25. The van der Waals surface area contributed by atoms with Gasteiger partial charge in [-0.2, -0.15) is 0 Å². The summed E-state index contributed by atoms with van der Waals surface area (Å²) >= 11 is 5.17. The lowest BCUT2D eigenvalue weighted by atomic mass is 10.1. The number of carbonyl (C=O) groups is 1. The summed E-state index contributed by atoms with van der Waals surface area (Å²) in [6.45, 7) is 1.85. The standard InChI is InChI=1S/C13H19BrN2OS.ClH/c14-12-5-4-11(18-12)7-9-16-13(17)6-3-10-2-1-8-15-10;/h4-5,10,15H,1-3,6-9H2,(H,16,17);1H. The number of thiophene rings is 1. The molecule has 2 rings (SSSR count). The Hall–Kier alpha value is -0.100. The van der Waals surface area contributed by atoms with E-state index < -0.39 is 0 Å². The van der Waals surface area contributed by atoms with Gasteiger partial charge in [-0.15, -0.1) is 23.7 Å². The van der Waals surface area contributed by atoms with Gasteiger partial charge in [-0.05, 0) is 60.3 Å². The van der Waals surface area contributed by atoms with E-state index in [4.69, 9.17) is 0 Å². The van der Waals surface area contributed by atoms with Gasteiger partial charge in [0, 0.05) is 23.9 Å². The maximum absolute atomic E-state index is 11.7. The molecule has 0 saturated carbocycles. The zero-order valence-corrected chi connectivity index (χ0v) is 14.0. The zero-order chi connectivity index (χ0) is 12.8. The zero-order valence-electron chi connectivity index (χ0n) is 10.8. The number of hydrogen-bond donors (Lipinski definition) is 2. The fourth-order valence-electron chi connectivity index (χ4n) is 2.21. The number of carbonyl (C=O) groups excluding carboxylic acids is 1. The average Bonchev–Trinajstić information content (AvgIpc) is 2.98. The van der Waals surface area contributed by atoms with Crippen LogP contribution in [0, 0.1) is 0 Å². The molecule has 1 aliphatic heterocycles. The monoisotopic (exact) mass is 366 g/mol. The molecule has 0 spiro atoms. The minimum absolute atomic E-state index is 0. The highest BCUT2D eigenvalue weighted by atomic mass is 79.9. The van der Waals surface area contributed by atoms with E-state index >= 15 is 0 Å². The fraction of sp³-hybridized carbons (Fsp3) is 0.615. The normalized spacial score (nSPS) is 18.1. The molecule has 19 heavy (non-hydrogen) atoms. The molecule has 1 aromatic rings. The fourth-order valence-corrected chi connectivity index (χ4v) is 3.69. The van der Waals surface area contributed by atoms with Crippen LogP contribution in [0.15, 0.2) is 15.9 Å². The molecule has 108 valence electrons. The van der Waals surface area contributed by atoms with Crippen LogP contribution in [-0.4, -0.2) is 25.0 Å².